The number of anilines is 1. The summed E-state index contributed by atoms with van der Waals surface area (Å²) in [6.07, 6.45) is 5.51. The van der Waals surface area contributed by atoms with Gasteiger partial charge in [-0.3, -0.25) is 0 Å². The molecule has 2 aromatic carbocycles. The zero-order chi connectivity index (χ0) is 19.1. The lowest BCUT2D eigenvalue weighted by atomic mass is 9.96. The minimum atomic E-state index is 0.216. The van der Waals surface area contributed by atoms with Crippen molar-refractivity contribution < 1.29 is 9.47 Å². The Balaban J connectivity index is 1.72. The van der Waals surface area contributed by atoms with Gasteiger partial charge in [0.1, 0.15) is 5.75 Å². The molecule has 0 spiro atoms. The van der Waals surface area contributed by atoms with Crippen LogP contribution in [-0.2, 0) is 4.74 Å². The zero-order valence-corrected chi connectivity index (χ0v) is 16.4. The van der Waals surface area contributed by atoms with Crippen LogP contribution in [0.3, 0.4) is 0 Å². The van der Waals surface area contributed by atoms with Gasteiger partial charge in [-0.25, -0.2) is 0 Å². The highest BCUT2D eigenvalue weighted by atomic mass is 16.5. The summed E-state index contributed by atoms with van der Waals surface area (Å²) in [5.74, 6) is 1.28. The molecule has 0 amide bonds. The predicted molar refractivity (Wildman–Crippen MR) is 112 cm³/mol. The Kier molecular flexibility index (Phi) is 6.72. The van der Waals surface area contributed by atoms with E-state index in [0.29, 0.717) is 5.92 Å². The van der Waals surface area contributed by atoms with Gasteiger partial charge < -0.3 is 14.8 Å². The molecule has 1 heterocycles. The van der Waals surface area contributed by atoms with Crippen LogP contribution in [-0.4, -0.2) is 20.3 Å². The molecule has 27 heavy (non-hydrogen) atoms. The van der Waals surface area contributed by atoms with Crippen molar-refractivity contribution in [2.24, 2.45) is 5.92 Å². The summed E-state index contributed by atoms with van der Waals surface area (Å²) in [5.41, 5.74) is 5.17. The second-order valence-corrected chi connectivity index (χ2v) is 7.15. The molecular formula is C24H29NO2. The Morgan fingerprint density at radius 2 is 1.89 bits per heavy atom. The van der Waals surface area contributed by atoms with Gasteiger partial charge in [-0.05, 0) is 55.7 Å². The second-order valence-electron chi connectivity index (χ2n) is 7.15. The van der Waals surface area contributed by atoms with Crippen molar-refractivity contribution in [3.63, 3.8) is 0 Å². The van der Waals surface area contributed by atoms with Crippen LogP contribution < -0.4 is 10.1 Å². The number of hydrogen-bond donors (Lipinski definition) is 1. The van der Waals surface area contributed by atoms with Gasteiger partial charge in [-0.15, -0.1) is 0 Å². The van der Waals surface area contributed by atoms with Crippen LogP contribution in [0.5, 0.6) is 5.75 Å². The summed E-state index contributed by atoms with van der Waals surface area (Å²) in [7, 11) is 1.69. The fourth-order valence-electron chi connectivity index (χ4n) is 3.42. The third kappa shape index (κ3) is 5.24. The van der Waals surface area contributed by atoms with E-state index in [1.807, 2.05) is 12.1 Å². The average Bonchev–Trinajstić information content (AvgIpc) is 3.17. The number of ether oxygens (including phenoxy) is 2. The van der Waals surface area contributed by atoms with Crippen molar-refractivity contribution in [3.05, 3.63) is 83.5 Å². The van der Waals surface area contributed by atoms with E-state index in [9.17, 15) is 0 Å². The summed E-state index contributed by atoms with van der Waals surface area (Å²) in [6.45, 7) is 5.90. The maximum absolute atomic E-state index is 5.65. The summed E-state index contributed by atoms with van der Waals surface area (Å²) >= 11 is 0. The Labute approximate surface area is 162 Å². The molecule has 1 fully saturated rings. The van der Waals surface area contributed by atoms with Gasteiger partial charge in [0.15, 0.2) is 0 Å². The largest absolute Gasteiger partial charge is 0.497 e. The quantitative estimate of drug-likeness (QED) is 0.633. The van der Waals surface area contributed by atoms with E-state index < -0.39 is 0 Å². The first-order valence-electron chi connectivity index (χ1n) is 9.53. The summed E-state index contributed by atoms with van der Waals surface area (Å²) < 4.78 is 10.9. The maximum Gasteiger partial charge on any atom is 0.119 e. The van der Waals surface area contributed by atoms with Crippen LogP contribution in [0.1, 0.15) is 31.9 Å². The van der Waals surface area contributed by atoms with Gasteiger partial charge >= 0.3 is 0 Å². The Bertz CT molecular complexity index is 774. The molecule has 2 aromatic rings. The van der Waals surface area contributed by atoms with Crippen molar-refractivity contribution in [2.75, 3.05) is 25.6 Å². The standard InChI is InChI=1S/C24H29NO2/c1-18(2)23-17-27-16-20(23)10-7-11-24(19-8-5-4-6-9-19)25-21-12-14-22(26-3)15-13-21/h4-10,12-15,20,24-25H,11,16-17H2,1-3H3/b10-7+/t20-,24-/m0/s1. The molecule has 1 aliphatic heterocycles. The average molecular weight is 364 g/mol. The van der Waals surface area contributed by atoms with Gasteiger partial charge in [-0.1, -0.05) is 48.1 Å². The molecule has 2 atom stereocenters. The molecule has 0 radical (unpaired) electrons. The molecule has 1 N–H and O–H groups in total. The number of rotatable bonds is 7. The lowest BCUT2D eigenvalue weighted by Crippen LogP contribution is -2.10. The Hall–Kier alpha value is -2.52. The number of nitrogens with one attached hydrogen (secondary N) is 1. The van der Waals surface area contributed by atoms with Crippen LogP contribution in [0, 0.1) is 5.92 Å². The van der Waals surface area contributed by atoms with Crippen molar-refractivity contribution in [1.82, 2.24) is 0 Å². The molecule has 1 saturated heterocycles. The third-order valence-electron chi connectivity index (χ3n) is 5.02. The van der Waals surface area contributed by atoms with Gasteiger partial charge in [0.2, 0.25) is 0 Å². The SMILES string of the molecule is COc1ccc(N[C@@H](C/C=C/[C@H]2COCC2=C(C)C)c2ccccc2)cc1. The lowest BCUT2D eigenvalue weighted by molar-refractivity contribution is 0.195. The number of allylic oxidation sites excluding steroid dienone is 1. The number of hydrogen-bond acceptors (Lipinski definition) is 3. The first-order valence-corrected chi connectivity index (χ1v) is 9.53. The first kappa shape index (κ1) is 19.2. The highest BCUT2D eigenvalue weighted by molar-refractivity contribution is 5.48. The molecular weight excluding hydrogens is 334 g/mol. The Morgan fingerprint density at radius 3 is 2.56 bits per heavy atom. The smallest absolute Gasteiger partial charge is 0.119 e. The van der Waals surface area contributed by atoms with E-state index in [2.05, 4.69) is 73.8 Å². The van der Waals surface area contributed by atoms with Crippen molar-refractivity contribution >= 4 is 5.69 Å². The van der Waals surface area contributed by atoms with Crippen molar-refractivity contribution in [1.29, 1.82) is 0 Å². The van der Waals surface area contributed by atoms with E-state index in [1.54, 1.807) is 7.11 Å². The molecule has 0 aromatic heterocycles. The summed E-state index contributed by atoms with van der Waals surface area (Å²) in [6, 6.07) is 18.9. The molecule has 0 aliphatic carbocycles. The van der Waals surface area contributed by atoms with Gasteiger partial charge in [0, 0.05) is 11.6 Å². The summed E-state index contributed by atoms with van der Waals surface area (Å²) in [5, 5.41) is 3.66. The molecule has 1 aliphatic rings. The van der Waals surface area contributed by atoms with Gasteiger partial charge in [-0.2, -0.15) is 0 Å². The minimum absolute atomic E-state index is 0.216. The summed E-state index contributed by atoms with van der Waals surface area (Å²) in [4.78, 5) is 0. The third-order valence-corrected chi connectivity index (χ3v) is 5.02. The normalized spacial score (nSPS) is 17.9. The van der Waals surface area contributed by atoms with Crippen LogP contribution in [0.2, 0.25) is 0 Å². The fourth-order valence-corrected chi connectivity index (χ4v) is 3.42. The lowest BCUT2D eigenvalue weighted by Gasteiger charge is -2.19. The maximum atomic E-state index is 5.65. The van der Waals surface area contributed by atoms with E-state index in [0.717, 1.165) is 31.1 Å². The second kappa shape index (κ2) is 9.43. The van der Waals surface area contributed by atoms with E-state index >= 15 is 0 Å². The van der Waals surface area contributed by atoms with E-state index in [4.69, 9.17) is 9.47 Å². The van der Waals surface area contributed by atoms with Crippen molar-refractivity contribution in [2.45, 2.75) is 26.3 Å². The molecule has 0 saturated carbocycles. The topological polar surface area (TPSA) is 30.5 Å². The molecule has 3 nitrogen and oxygen atoms in total. The van der Waals surface area contributed by atoms with Crippen LogP contribution in [0.4, 0.5) is 5.69 Å². The highest BCUT2D eigenvalue weighted by Gasteiger charge is 2.20. The van der Waals surface area contributed by atoms with Crippen LogP contribution in [0.25, 0.3) is 0 Å². The molecule has 0 bridgehead atoms. The van der Waals surface area contributed by atoms with E-state index in [1.165, 1.54) is 16.7 Å². The molecule has 0 unspecified atom stereocenters. The van der Waals surface area contributed by atoms with Crippen LogP contribution >= 0.6 is 0 Å². The van der Waals surface area contributed by atoms with E-state index in [-0.39, 0.29) is 6.04 Å². The highest BCUT2D eigenvalue weighted by Crippen LogP contribution is 2.27. The monoisotopic (exact) mass is 363 g/mol. The molecule has 3 rings (SSSR count). The van der Waals surface area contributed by atoms with Crippen molar-refractivity contribution in [3.8, 4) is 5.75 Å². The van der Waals surface area contributed by atoms with Crippen LogP contribution in [0.15, 0.2) is 77.9 Å². The zero-order valence-electron chi connectivity index (χ0n) is 16.4. The van der Waals surface area contributed by atoms with Gasteiger partial charge in [0.05, 0.1) is 26.4 Å². The Morgan fingerprint density at radius 1 is 1.15 bits per heavy atom. The fraction of sp³-hybridized carbons (Fsp3) is 0.333. The predicted octanol–water partition coefficient (Wildman–Crippen LogP) is 5.78. The minimum Gasteiger partial charge on any atom is -0.497 e. The number of methoxy groups -OCH3 is 1. The number of benzene rings is 2. The molecule has 3 heteroatoms. The first-order chi connectivity index (χ1) is 13.2. The van der Waals surface area contributed by atoms with Gasteiger partial charge in [0.25, 0.3) is 0 Å². The molecule has 142 valence electrons.